The first-order valence-electron chi connectivity index (χ1n) is 8.98. The molecule has 1 aromatic heterocycles. The Kier molecular flexibility index (Phi) is 5.26. The van der Waals surface area contributed by atoms with Gasteiger partial charge in [0.15, 0.2) is 23.0 Å². The van der Waals surface area contributed by atoms with Gasteiger partial charge < -0.3 is 24.3 Å². The first-order chi connectivity index (χ1) is 14.1. The Morgan fingerprint density at radius 2 is 2.00 bits per heavy atom. The third-order valence-corrected chi connectivity index (χ3v) is 5.49. The Balaban J connectivity index is 1.52. The van der Waals surface area contributed by atoms with Crippen molar-refractivity contribution in [2.45, 2.75) is 13.0 Å². The van der Waals surface area contributed by atoms with E-state index in [0.717, 1.165) is 11.1 Å². The maximum atomic E-state index is 12.7. The lowest BCUT2D eigenvalue weighted by molar-refractivity contribution is 0.0935. The van der Waals surface area contributed by atoms with E-state index in [2.05, 4.69) is 10.3 Å². The van der Waals surface area contributed by atoms with Gasteiger partial charge in [-0.2, -0.15) is 0 Å². The number of rotatable bonds is 6. The van der Waals surface area contributed by atoms with Crippen LogP contribution in [0.4, 0.5) is 0 Å². The zero-order chi connectivity index (χ0) is 20.4. The minimum Gasteiger partial charge on any atom is -0.493 e. The fourth-order valence-corrected chi connectivity index (χ4v) is 3.92. The van der Waals surface area contributed by atoms with Gasteiger partial charge in [-0.1, -0.05) is 12.1 Å². The average molecular weight is 412 g/mol. The number of nitrogens with one attached hydrogen (secondary N) is 1. The number of para-hydroxylation sites is 1. The second-order valence-electron chi connectivity index (χ2n) is 6.39. The maximum absolute atomic E-state index is 12.7. The molecule has 8 heteroatoms. The normalized spacial score (nSPS) is 13.1. The van der Waals surface area contributed by atoms with E-state index in [1.165, 1.54) is 11.3 Å². The van der Waals surface area contributed by atoms with Crippen molar-refractivity contribution < 1.29 is 23.7 Å². The lowest BCUT2D eigenvalue weighted by Crippen LogP contribution is -2.26. The van der Waals surface area contributed by atoms with E-state index in [1.807, 2.05) is 43.3 Å². The molecule has 1 aliphatic rings. The minimum absolute atomic E-state index is 0.214. The molecule has 1 N–H and O–H groups in total. The fraction of sp³-hybridized carbons (Fsp3) is 0.238. The number of carbonyl (C=O) groups excluding carboxylic acids is 1. The van der Waals surface area contributed by atoms with Crippen molar-refractivity contribution in [1.82, 2.24) is 10.3 Å². The molecule has 0 fully saturated rings. The topological polar surface area (TPSA) is 78.9 Å². The van der Waals surface area contributed by atoms with Gasteiger partial charge in [-0.25, -0.2) is 4.98 Å². The zero-order valence-electron chi connectivity index (χ0n) is 16.2. The van der Waals surface area contributed by atoms with Crippen molar-refractivity contribution >= 4 is 17.2 Å². The molecule has 0 bridgehead atoms. The Labute approximate surface area is 172 Å². The van der Waals surface area contributed by atoms with E-state index >= 15 is 0 Å². The van der Waals surface area contributed by atoms with Crippen molar-refractivity contribution in [2.24, 2.45) is 0 Å². The van der Waals surface area contributed by atoms with Gasteiger partial charge in [0.05, 0.1) is 25.8 Å². The second kappa shape index (κ2) is 8.00. The highest BCUT2D eigenvalue weighted by molar-refractivity contribution is 7.13. The molecule has 2 aromatic carbocycles. The predicted octanol–water partition coefficient (Wildman–Crippen LogP) is 4.05. The van der Waals surface area contributed by atoms with Crippen molar-refractivity contribution in [3.63, 3.8) is 0 Å². The van der Waals surface area contributed by atoms with Gasteiger partial charge in [0.2, 0.25) is 6.79 Å². The SMILES string of the molecule is COc1cccc(-c2nc(C(=O)NC(C)c3ccc4c(c3)OCO4)cs2)c1OC. The van der Waals surface area contributed by atoms with Crippen molar-refractivity contribution in [2.75, 3.05) is 21.0 Å². The number of nitrogens with zero attached hydrogens (tertiary/aromatic N) is 1. The van der Waals surface area contributed by atoms with Crippen LogP contribution in [0.1, 0.15) is 29.0 Å². The first kappa shape index (κ1) is 19.1. The Morgan fingerprint density at radius 1 is 1.17 bits per heavy atom. The number of hydrogen-bond acceptors (Lipinski definition) is 7. The van der Waals surface area contributed by atoms with Gasteiger partial charge in [0.25, 0.3) is 5.91 Å². The van der Waals surface area contributed by atoms with Crippen LogP contribution < -0.4 is 24.3 Å². The molecular formula is C21H20N2O5S. The van der Waals surface area contributed by atoms with Crippen LogP contribution in [0.25, 0.3) is 10.6 Å². The fourth-order valence-electron chi connectivity index (χ4n) is 3.09. The molecule has 7 nitrogen and oxygen atoms in total. The molecule has 4 rings (SSSR count). The summed E-state index contributed by atoms with van der Waals surface area (Å²) in [5, 5.41) is 5.39. The monoisotopic (exact) mass is 412 g/mol. The number of carbonyl (C=O) groups is 1. The largest absolute Gasteiger partial charge is 0.493 e. The quantitative estimate of drug-likeness (QED) is 0.658. The molecular weight excluding hydrogens is 392 g/mol. The third-order valence-electron chi connectivity index (χ3n) is 4.61. The molecule has 0 spiro atoms. The summed E-state index contributed by atoms with van der Waals surface area (Å²) in [4.78, 5) is 17.2. The minimum atomic E-state index is -0.250. The highest BCUT2D eigenvalue weighted by atomic mass is 32.1. The van der Waals surface area contributed by atoms with Crippen LogP contribution in [-0.4, -0.2) is 31.9 Å². The molecule has 1 atom stereocenters. The number of benzene rings is 2. The predicted molar refractivity (Wildman–Crippen MR) is 109 cm³/mol. The first-order valence-corrected chi connectivity index (χ1v) is 9.86. The van der Waals surface area contributed by atoms with E-state index in [4.69, 9.17) is 18.9 Å². The van der Waals surface area contributed by atoms with Crippen molar-refractivity contribution in [1.29, 1.82) is 0 Å². The van der Waals surface area contributed by atoms with Gasteiger partial charge in [-0.05, 0) is 36.8 Å². The lowest BCUT2D eigenvalue weighted by atomic mass is 10.1. The summed E-state index contributed by atoms with van der Waals surface area (Å²) in [5.74, 6) is 2.35. The Morgan fingerprint density at radius 3 is 2.79 bits per heavy atom. The summed E-state index contributed by atoms with van der Waals surface area (Å²) < 4.78 is 21.5. The van der Waals surface area contributed by atoms with Crippen LogP contribution in [-0.2, 0) is 0 Å². The van der Waals surface area contributed by atoms with Crippen LogP contribution >= 0.6 is 11.3 Å². The molecule has 1 unspecified atom stereocenters. The molecule has 0 aliphatic carbocycles. The molecule has 1 amide bonds. The van der Waals surface area contributed by atoms with E-state index in [-0.39, 0.29) is 18.7 Å². The van der Waals surface area contributed by atoms with Gasteiger partial charge >= 0.3 is 0 Å². The highest BCUT2D eigenvalue weighted by Crippen LogP contribution is 2.39. The number of aromatic nitrogens is 1. The maximum Gasteiger partial charge on any atom is 0.271 e. The van der Waals surface area contributed by atoms with E-state index in [9.17, 15) is 4.79 Å². The third kappa shape index (κ3) is 3.71. The second-order valence-corrected chi connectivity index (χ2v) is 7.24. The van der Waals surface area contributed by atoms with E-state index in [1.54, 1.807) is 19.6 Å². The number of thiazole rings is 1. The molecule has 29 heavy (non-hydrogen) atoms. The molecule has 0 saturated heterocycles. The number of amides is 1. The van der Waals surface area contributed by atoms with Gasteiger partial charge in [0, 0.05) is 5.38 Å². The summed E-state index contributed by atoms with van der Waals surface area (Å²) in [5.41, 5.74) is 2.05. The number of fused-ring (bicyclic) bond motifs is 1. The van der Waals surface area contributed by atoms with E-state index in [0.29, 0.717) is 33.7 Å². The van der Waals surface area contributed by atoms with Crippen LogP contribution in [0.2, 0.25) is 0 Å². The summed E-state index contributed by atoms with van der Waals surface area (Å²) in [6, 6.07) is 11.0. The average Bonchev–Trinajstić information content (AvgIpc) is 3.41. The van der Waals surface area contributed by atoms with Crippen LogP contribution in [0.5, 0.6) is 23.0 Å². The van der Waals surface area contributed by atoms with E-state index < -0.39 is 0 Å². The molecule has 150 valence electrons. The van der Waals surface area contributed by atoms with Crippen molar-refractivity contribution in [3.05, 3.63) is 53.0 Å². The van der Waals surface area contributed by atoms with Crippen molar-refractivity contribution in [3.8, 4) is 33.6 Å². The van der Waals surface area contributed by atoms with Gasteiger partial charge in [-0.15, -0.1) is 11.3 Å². The van der Waals surface area contributed by atoms with Crippen LogP contribution in [0, 0.1) is 0 Å². The highest BCUT2D eigenvalue weighted by Gasteiger charge is 2.20. The molecule has 3 aromatic rings. The van der Waals surface area contributed by atoms with Crippen LogP contribution in [0.3, 0.4) is 0 Å². The zero-order valence-corrected chi connectivity index (χ0v) is 17.0. The number of ether oxygens (including phenoxy) is 4. The number of methoxy groups -OCH3 is 2. The number of hydrogen-bond donors (Lipinski definition) is 1. The van der Waals surface area contributed by atoms with Crippen LogP contribution in [0.15, 0.2) is 41.8 Å². The molecule has 1 aliphatic heterocycles. The molecule has 0 saturated carbocycles. The standard InChI is InChI=1S/C21H20N2O5S/c1-12(13-7-8-16-18(9-13)28-11-27-16)22-20(24)15-10-29-21(23-15)14-5-4-6-17(25-2)19(14)26-3/h4-10,12H,11H2,1-3H3,(H,22,24). The summed E-state index contributed by atoms with van der Waals surface area (Å²) in [6.07, 6.45) is 0. The summed E-state index contributed by atoms with van der Waals surface area (Å²) in [7, 11) is 3.16. The lowest BCUT2D eigenvalue weighted by Gasteiger charge is -2.14. The molecule has 0 radical (unpaired) electrons. The Hall–Kier alpha value is -3.26. The Bertz CT molecular complexity index is 1050. The summed E-state index contributed by atoms with van der Waals surface area (Å²) in [6.45, 7) is 2.13. The summed E-state index contributed by atoms with van der Waals surface area (Å²) >= 11 is 1.37. The van der Waals surface area contributed by atoms with Gasteiger partial charge in [-0.3, -0.25) is 4.79 Å². The molecule has 2 heterocycles. The smallest absolute Gasteiger partial charge is 0.271 e. The van der Waals surface area contributed by atoms with Gasteiger partial charge in [0.1, 0.15) is 10.7 Å².